The van der Waals surface area contributed by atoms with Gasteiger partial charge >= 0.3 is 0 Å². The molecule has 8 aromatic rings. The van der Waals surface area contributed by atoms with Gasteiger partial charge in [-0.05, 0) is 161 Å². The monoisotopic (exact) mass is 865 g/mol. The molecule has 3 aliphatic rings. The summed E-state index contributed by atoms with van der Waals surface area (Å²) < 4.78 is 7.35. The molecule has 0 atom stereocenters. The maximum Gasteiger partial charge on any atom is 0.257 e. The third kappa shape index (κ3) is 6.68. The van der Waals surface area contributed by atoms with Crippen LogP contribution in [0.5, 0.6) is 0 Å². The summed E-state index contributed by atoms with van der Waals surface area (Å²) in [7, 11) is 0. The first kappa shape index (κ1) is 42.6. The van der Waals surface area contributed by atoms with E-state index < -0.39 is 0 Å². The van der Waals surface area contributed by atoms with Gasteiger partial charge in [0.15, 0.2) is 0 Å². The van der Waals surface area contributed by atoms with E-state index in [0.717, 1.165) is 35.7 Å². The fourth-order valence-corrected chi connectivity index (χ4v) is 11.3. The molecule has 1 aliphatic carbocycles. The van der Waals surface area contributed by atoms with Crippen LogP contribution in [0.15, 0.2) is 138 Å². The van der Waals surface area contributed by atoms with E-state index in [1.165, 1.54) is 88.6 Å². The van der Waals surface area contributed by atoms with E-state index >= 15 is 0 Å². The highest BCUT2D eigenvalue weighted by Gasteiger charge is 2.49. The number of fused-ring (bicyclic) bond motifs is 8. The molecule has 66 heavy (non-hydrogen) atoms. The fraction of sp³-hybridized carbons (Fsp3) is 0.323. The van der Waals surface area contributed by atoms with Gasteiger partial charge in [-0.2, -0.15) is 0 Å². The maximum atomic E-state index is 7.35. The number of anilines is 6. The van der Waals surface area contributed by atoms with Crippen molar-refractivity contribution in [3.05, 3.63) is 161 Å². The van der Waals surface area contributed by atoms with Crippen LogP contribution in [0.1, 0.15) is 131 Å². The lowest BCUT2D eigenvalue weighted by molar-refractivity contribution is 0.332. The molecule has 0 amide bonds. The predicted molar refractivity (Wildman–Crippen MR) is 285 cm³/mol. The number of hydrogen-bond acceptors (Lipinski definition) is 3. The Hall–Kier alpha value is -6.00. The maximum absolute atomic E-state index is 7.35. The van der Waals surface area contributed by atoms with Crippen LogP contribution in [0, 0.1) is 0 Å². The molecule has 0 saturated carbocycles. The van der Waals surface area contributed by atoms with E-state index in [1.807, 2.05) is 0 Å². The largest absolute Gasteiger partial charge is 0.440 e. The molecular formula is C62H65BN2O. The van der Waals surface area contributed by atoms with Crippen LogP contribution in [-0.4, -0.2) is 6.71 Å². The highest BCUT2D eigenvalue weighted by molar-refractivity contribution is 7.01. The average molecular weight is 865 g/mol. The molecular weight excluding hydrogens is 800 g/mol. The van der Waals surface area contributed by atoms with Gasteiger partial charge in [0, 0.05) is 39.3 Å². The average Bonchev–Trinajstić information content (AvgIpc) is 3.65. The fourth-order valence-electron chi connectivity index (χ4n) is 11.3. The van der Waals surface area contributed by atoms with Crippen molar-refractivity contribution in [3.63, 3.8) is 0 Å². The molecule has 7 aromatic carbocycles. The van der Waals surface area contributed by atoms with Gasteiger partial charge in [0.1, 0.15) is 5.58 Å². The molecule has 2 aliphatic heterocycles. The van der Waals surface area contributed by atoms with Gasteiger partial charge in [-0.3, -0.25) is 4.90 Å². The van der Waals surface area contributed by atoms with Crippen molar-refractivity contribution in [1.29, 1.82) is 0 Å². The summed E-state index contributed by atoms with van der Waals surface area (Å²) in [6, 6.07) is 51.5. The first-order valence-corrected chi connectivity index (χ1v) is 24.3. The molecule has 0 N–H and O–H groups in total. The molecule has 0 radical (unpaired) electrons. The van der Waals surface area contributed by atoms with Crippen LogP contribution in [0.2, 0.25) is 0 Å². The van der Waals surface area contributed by atoms with Crippen LogP contribution in [0.3, 0.4) is 0 Å². The Morgan fingerprint density at radius 3 is 1.59 bits per heavy atom. The zero-order chi connectivity index (χ0) is 46.5. The van der Waals surface area contributed by atoms with Gasteiger partial charge in [0.2, 0.25) is 5.88 Å². The van der Waals surface area contributed by atoms with E-state index in [9.17, 15) is 0 Å². The Balaban J connectivity index is 1.30. The SMILES string of the molecule is CC(C)(C)c1ccc(N2c3cc4c(cc3B3c5c2cc(-c2ccc6ccccc6c2)cc5N(c2ccc(C(C)(C)C)cc2)c2oc5ccc(C(C)(C)C)cc5c23)C(C)(C)CCC4(C)C)cc1. The lowest BCUT2D eigenvalue weighted by Gasteiger charge is -2.46. The van der Waals surface area contributed by atoms with Crippen molar-refractivity contribution < 1.29 is 4.42 Å². The molecule has 3 nitrogen and oxygen atoms in total. The number of nitrogens with zero attached hydrogens (tertiary/aromatic N) is 2. The minimum absolute atomic E-state index is 0.0167. The summed E-state index contributed by atoms with van der Waals surface area (Å²) in [5, 5.41) is 3.67. The summed E-state index contributed by atoms with van der Waals surface area (Å²) >= 11 is 0. The summed E-state index contributed by atoms with van der Waals surface area (Å²) in [5.74, 6) is 0.907. The standard InChI is InChI=1S/C62H65BN2O/c1-58(2,3)42-20-25-45(26-21-42)64-51-37-49-48(61(10,11)30-31-62(49,12)13)36-50(51)63-55-47-35-44(60(7,8)9)24-29-54(47)66-57(55)65(46-27-22-43(23-28-46)59(4,5)6)53-34-41(33-52(64)56(53)63)40-19-18-38-16-14-15-17-39(38)32-40/h14-29,32-37H,30-31H2,1-13H3. The minimum Gasteiger partial charge on any atom is -0.440 e. The van der Waals surface area contributed by atoms with Crippen LogP contribution < -0.4 is 26.2 Å². The third-order valence-electron chi connectivity index (χ3n) is 15.6. The van der Waals surface area contributed by atoms with Gasteiger partial charge in [-0.15, -0.1) is 0 Å². The van der Waals surface area contributed by atoms with Crippen LogP contribution in [-0.2, 0) is 27.1 Å². The zero-order valence-electron chi connectivity index (χ0n) is 41.5. The summed E-state index contributed by atoms with van der Waals surface area (Å²) in [6.07, 6.45) is 2.30. The molecule has 3 heterocycles. The number of benzene rings is 7. The molecule has 4 heteroatoms. The zero-order valence-corrected chi connectivity index (χ0v) is 41.5. The Morgan fingerprint density at radius 1 is 0.470 bits per heavy atom. The van der Waals surface area contributed by atoms with Gasteiger partial charge < -0.3 is 9.32 Å². The molecule has 1 aromatic heterocycles. The summed E-state index contributed by atoms with van der Waals surface area (Å²) in [4.78, 5) is 5.07. The Kier molecular flexibility index (Phi) is 9.21. The van der Waals surface area contributed by atoms with Crippen LogP contribution >= 0.6 is 0 Å². The lowest BCUT2D eigenvalue weighted by atomic mass is 9.33. The van der Waals surface area contributed by atoms with Crippen LogP contribution in [0.25, 0.3) is 32.9 Å². The van der Waals surface area contributed by atoms with E-state index in [-0.39, 0.29) is 33.8 Å². The second kappa shape index (κ2) is 14.3. The van der Waals surface area contributed by atoms with Crippen molar-refractivity contribution in [3.8, 4) is 11.1 Å². The molecule has 0 spiro atoms. The minimum atomic E-state index is -0.0801. The lowest BCUT2D eigenvalue weighted by Crippen LogP contribution is -2.61. The van der Waals surface area contributed by atoms with E-state index in [2.05, 4.69) is 233 Å². The van der Waals surface area contributed by atoms with E-state index in [1.54, 1.807) is 0 Å². The predicted octanol–water partition coefficient (Wildman–Crippen LogP) is 15.6. The smallest absolute Gasteiger partial charge is 0.257 e. The van der Waals surface area contributed by atoms with Crippen molar-refractivity contribution in [2.45, 2.75) is 130 Å². The Bertz CT molecular complexity index is 3250. The molecule has 332 valence electrons. The summed E-state index contributed by atoms with van der Waals surface area (Å²) in [5.41, 5.74) is 20.1. The topological polar surface area (TPSA) is 19.6 Å². The summed E-state index contributed by atoms with van der Waals surface area (Å²) in [6.45, 7) is 30.5. The normalized spacial score (nSPS) is 16.3. The second-order valence-electron chi connectivity index (χ2n) is 24.2. The first-order valence-electron chi connectivity index (χ1n) is 24.3. The van der Waals surface area contributed by atoms with E-state index in [0.29, 0.717) is 0 Å². The van der Waals surface area contributed by atoms with Crippen molar-refractivity contribution in [2.24, 2.45) is 0 Å². The number of rotatable bonds is 3. The van der Waals surface area contributed by atoms with Crippen molar-refractivity contribution >= 4 is 79.2 Å². The molecule has 0 fully saturated rings. The number of furan rings is 1. The molecule has 0 unspecified atom stereocenters. The Labute approximate surface area is 393 Å². The third-order valence-corrected chi connectivity index (χ3v) is 15.6. The first-order chi connectivity index (χ1) is 31.1. The molecule has 0 bridgehead atoms. The highest BCUT2D eigenvalue weighted by atomic mass is 16.4. The van der Waals surface area contributed by atoms with Gasteiger partial charge in [-0.1, -0.05) is 163 Å². The van der Waals surface area contributed by atoms with Gasteiger partial charge in [0.05, 0.1) is 0 Å². The van der Waals surface area contributed by atoms with Gasteiger partial charge in [-0.25, -0.2) is 0 Å². The number of hydrogen-bond donors (Lipinski definition) is 0. The van der Waals surface area contributed by atoms with Crippen molar-refractivity contribution in [2.75, 3.05) is 9.80 Å². The van der Waals surface area contributed by atoms with E-state index in [4.69, 9.17) is 4.42 Å². The molecule has 11 rings (SSSR count). The Morgan fingerprint density at radius 2 is 1.00 bits per heavy atom. The van der Waals surface area contributed by atoms with Crippen molar-refractivity contribution in [1.82, 2.24) is 0 Å². The van der Waals surface area contributed by atoms with Crippen LogP contribution in [0.4, 0.5) is 34.3 Å². The van der Waals surface area contributed by atoms with Gasteiger partial charge in [0.25, 0.3) is 6.71 Å². The second-order valence-corrected chi connectivity index (χ2v) is 24.2. The quantitative estimate of drug-likeness (QED) is 0.165. The highest BCUT2D eigenvalue weighted by Crippen LogP contribution is 2.52. The molecule has 0 saturated heterocycles.